The van der Waals surface area contributed by atoms with Crippen LogP contribution in [0.2, 0.25) is 0 Å². The van der Waals surface area contributed by atoms with Gasteiger partial charge in [-0.15, -0.1) is 0 Å². The van der Waals surface area contributed by atoms with E-state index in [1.807, 2.05) is 57.2 Å². The summed E-state index contributed by atoms with van der Waals surface area (Å²) in [6.45, 7) is 8.00. The fourth-order valence-electron chi connectivity index (χ4n) is 3.17. The van der Waals surface area contributed by atoms with E-state index in [0.29, 0.717) is 0 Å². The van der Waals surface area contributed by atoms with Gasteiger partial charge in [0.15, 0.2) is 0 Å². The first-order chi connectivity index (χ1) is 12.7. The van der Waals surface area contributed by atoms with Gasteiger partial charge in [0.1, 0.15) is 12.1 Å². The number of rotatable bonds is 4. The van der Waals surface area contributed by atoms with E-state index in [-0.39, 0.29) is 25.0 Å². The number of piperazine rings is 1. The summed E-state index contributed by atoms with van der Waals surface area (Å²) in [5, 5.41) is 1.04. The highest BCUT2D eigenvalue weighted by atomic mass is 16.5. The summed E-state index contributed by atoms with van der Waals surface area (Å²) in [6, 6.07) is 10.6. The van der Waals surface area contributed by atoms with Crippen LogP contribution in [0.15, 0.2) is 36.4 Å². The van der Waals surface area contributed by atoms with E-state index >= 15 is 0 Å². The lowest BCUT2D eigenvalue weighted by Gasteiger charge is -2.42. The van der Waals surface area contributed by atoms with Gasteiger partial charge >= 0.3 is 0 Å². The summed E-state index contributed by atoms with van der Waals surface area (Å²) in [7, 11) is 1.67. The first kappa shape index (κ1) is 19.3. The normalized spacial score (nSPS) is 21.2. The smallest absolute Gasteiger partial charge is 0.248 e. The SMILES string of the molecule is C[C@H]1C(=O)N(Cc2ccc3ccccc3n2)[C@@H](COC(C)(C)C)C(=O)N1C. The molecule has 2 aromatic rings. The van der Waals surface area contributed by atoms with Crippen molar-refractivity contribution >= 4 is 22.7 Å². The monoisotopic (exact) mass is 369 g/mol. The lowest BCUT2D eigenvalue weighted by Crippen LogP contribution is -2.64. The van der Waals surface area contributed by atoms with Crippen molar-refractivity contribution in [3.05, 3.63) is 42.1 Å². The van der Waals surface area contributed by atoms with Crippen molar-refractivity contribution in [2.24, 2.45) is 0 Å². The van der Waals surface area contributed by atoms with Crippen LogP contribution in [0, 0.1) is 0 Å². The predicted molar refractivity (Wildman–Crippen MR) is 104 cm³/mol. The first-order valence-electron chi connectivity index (χ1n) is 9.23. The van der Waals surface area contributed by atoms with Crippen LogP contribution in [0.5, 0.6) is 0 Å². The van der Waals surface area contributed by atoms with E-state index in [2.05, 4.69) is 4.98 Å². The van der Waals surface area contributed by atoms with Gasteiger partial charge in [-0.1, -0.05) is 24.3 Å². The van der Waals surface area contributed by atoms with Crippen molar-refractivity contribution in [1.82, 2.24) is 14.8 Å². The molecule has 2 amide bonds. The molecule has 1 saturated heterocycles. The molecule has 1 aromatic carbocycles. The van der Waals surface area contributed by atoms with Crippen LogP contribution < -0.4 is 0 Å². The number of likely N-dealkylation sites (N-methyl/N-ethyl adjacent to an activating group) is 1. The lowest BCUT2D eigenvalue weighted by atomic mass is 10.1. The second-order valence-corrected chi connectivity index (χ2v) is 8.03. The Morgan fingerprint density at radius 2 is 1.78 bits per heavy atom. The lowest BCUT2D eigenvalue weighted by molar-refractivity contribution is -0.165. The quantitative estimate of drug-likeness (QED) is 0.831. The van der Waals surface area contributed by atoms with Crippen LogP contribution in [-0.2, 0) is 20.9 Å². The number of amides is 2. The van der Waals surface area contributed by atoms with Gasteiger partial charge in [0, 0.05) is 12.4 Å². The molecule has 1 aliphatic heterocycles. The second-order valence-electron chi connectivity index (χ2n) is 8.03. The molecule has 6 heteroatoms. The molecule has 1 aromatic heterocycles. The summed E-state index contributed by atoms with van der Waals surface area (Å²) >= 11 is 0. The highest BCUT2D eigenvalue weighted by molar-refractivity contribution is 5.96. The number of carbonyl (C=O) groups excluding carboxylic acids is 2. The average molecular weight is 369 g/mol. The summed E-state index contributed by atoms with van der Waals surface area (Å²) in [5.74, 6) is -0.193. The molecule has 3 rings (SSSR count). The Kier molecular flexibility index (Phi) is 5.20. The number of fused-ring (bicyclic) bond motifs is 1. The van der Waals surface area contributed by atoms with Crippen molar-refractivity contribution in [1.29, 1.82) is 0 Å². The standard InChI is InChI=1S/C21H27N3O3/c1-14-19(25)24(18(20(26)23(14)5)13-27-21(2,3)4)12-16-11-10-15-8-6-7-9-17(15)22-16/h6-11,14,18H,12-13H2,1-5H3/t14-,18-/m0/s1. The average Bonchev–Trinajstić information content (AvgIpc) is 2.63. The van der Waals surface area contributed by atoms with Gasteiger partial charge in [-0.05, 0) is 39.8 Å². The molecule has 0 bridgehead atoms. The number of para-hydroxylation sites is 1. The number of benzene rings is 1. The van der Waals surface area contributed by atoms with Crippen molar-refractivity contribution in [3.8, 4) is 0 Å². The van der Waals surface area contributed by atoms with Gasteiger partial charge < -0.3 is 14.5 Å². The number of hydrogen-bond donors (Lipinski definition) is 0. The van der Waals surface area contributed by atoms with Gasteiger partial charge in [-0.2, -0.15) is 0 Å². The Morgan fingerprint density at radius 1 is 1.07 bits per heavy atom. The van der Waals surface area contributed by atoms with E-state index in [1.54, 1.807) is 18.9 Å². The van der Waals surface area contributed by atoms with E-state index in [4.69, 9.17) is 4.74 Å². The molecule has 0 unspecified atom stereocenters. The molecule has 0 saturated carbocycles. The van der Waals surface area contributed by atoms with Crippen molar-refractivity contribution < 1.29 is 14.3 Å². The number of pyridine rings is 1. The minimum absolute atomic E-state index is 0.0884. The highest BCUT2D eigenvalue weighted by Crippen LogP contribution is 2.22. The maximum atomic E-state index is 12.9. The van der Waals surface area contributed by atoms with Gasteiger partial charge in [-0.25, -0.2) is 0 Å². The van der Waals surface area contributed by atoms with Gasteiger partial charge in [0.2, 0.25) is 11.8 Å². The maximum absolute atomic E-state index is 12.9. The second kappa shape index (κ2) is 7.27. The maximum Gasteiger partial charge on any atom is 0.248 e. The minimum atomic E-state index is -0.647. The van der Waals surface area contributed by atoms with Crippen LogP contribution in [0.4, 0.5) is 0 Å². The van der Waals surface area contributed by atoms with Crippen molar-refractivity contribution in [2.75, 3.05) is 13.7 Å². The van der Waals surface area contributed by atoms with Crippen LogP contribution in [0.25, 0.3) is 10.9 Å². The Morgan fingerprint density at radius 3 is 2.48 bits per heavy atom. The van der Waals surface area contributed by atoms with E-state index in [1.165, 1.54) is 4.90 Å². The molecule has 144 valence electrons. The zero-order valence-electron chi connectivity index (χ0n) is 16.6. The molecule has 27 heavy (non-hydrogen) atoms. The predicted octanol–water partition coefficient (Wildman–Crippen LogP) is 2.61. The molecule has 0 aliphatic carbocycles. The molecule has 0 radical (unpaired) electrons. The van der Waals surface area contributed by atoms with Crippen LogP contribution in [-0.4, -0.2) is 57.9 Å². The largest absolute Gasteiger partial charge is 0.373 e. The third kappa shape index (κ3) is 4.11. The van der Waals surface area contributed by atoms with Crippen molar-refractivity contribution in [3.63, 3.8) is 0 Å². The fraction of sp³-hybridized carbons (Fsp3) is 0.476. The Hall–Kier alpha value is -2.47. The number of hydrogen-bond acceptors (Lipinski definition) is 4. The molecular formula is C21H27N3O3. The third-order valence-electron chi connectivity index (χ3n) is 4.89. The molecule has 0 N–H and O–H groups in total. The van der Waals surface area contributed by atoms with Crippen molar-refractivity contribution in [2.45, 2.75) is 51.9 Å². The summed E-state index contributed by atoms with van der Waals surface area (Å²) < 4.78 is 5.85. The highest BCUT2D eigenvalue weighted by Gasteiger charge is 2.43. The molecule has 2 heterocycles. The van der Waals surface area contributed by atoms with E-state index < -0.39 is 17.7 Å². The van der Waals surface area contributed by atoms with Gasteiger partial charge in [-0.3, -0.25) is 14.6 Å². The van der Waals surface area contributed by atoms with Crippen LogP contribution in [0.1, 0.15) is 33.4 Å². The Labute approximate surface area is 160 Å². The molecular weight excluding hydrogens is 342 g/mol. The summed E-state index contributed by atoms with van der Waals surface area (Å²) in [6.07, 6.45) is 0. The van der Waals surface area contributed by atoms with Crippen LogP contribution in [0.3, 0.4) is 0 Å². The van der Waals surface area contributed by atoms with Crippen LogP contribution >= 0.6 is 0 Å². The van der Waals surface area contributed by atoms with E-state index in [9.17, 15) is 9.59 Å². The molecule has 1 fully saturated rings. The zero-order chi connectivity index (χ0) is 19.8. The van der Waals surface area contributed by atoms with Gasteiger partial charge in [0.25, 0.3) is 0 Å². The van der Waals surface area contributed by atoms with Gasteiger partial charge in [0.05, 0.1) is 30.0 Å². The fourth-order valence-corrected chi connectivity index (χ4v) is 3.17. The summed E-state index contributed by atoms with van der Waals surface area (Å²) in [4.78, 5) is 33.5. The molecule has 6 nitrogen and oxygen atoms in total. The first-order valence-corrected chi connectivity index (χ1v) is 9.23. The number of aromatic nitrogens is 1. The molecule has 1 aliphatic rings. The number of nitrogens with zero attached hydrogens (tertiary/aromatic N) is 3. The third-order valence-corrected chi connectivity index (χ3v) is 4.89. The topological polar surface area (TPSA) is 62.7 Å². The Balaban J connectivity index is 1.89. The minimum Gasteiger partial charge on any atom is -0.373 e. The molecule has 0 spiro atoms. The van der Waals surface area contributed by atoms with E-state index in [0.717, 1.165) is 16.6 Å². The summed E-state index contributed by atoms with van der Waals surface area (Å²) in [5.41, 5.74) is 1.24. The Bertz CT molecular complexity index is 859. The molecule has 2 atom stereocenters. The zero-order valence-corrected chi connectivity index (χ0v) is 16.6. The number of carbonyl (C=O) groups is 2. The number of ether oxygens (including phenoxy) is 1.